The summed E-state index contributed by atoms with van der Waals surface area (Å²) >= 11 is 0. The van der Waals surface area contributed by atoms with Crippen molar-refractivity contribution in [2.24, 2.45) is 0 Å². The van der Waals surface area contributed by atoms with Gasteiger partial charge in [0.25, 0.3) is 11.6 Å². The molecule has 9 heteroatoms. The predicted molar refractivity (Wildman–Crippen MR) is 70.7 cm³/mol. The first kappa shape index (κ1) is 15.2. The van der Waals surface area contributed by atoms with Crippen molar-refractivity contribution in [3.05, 3.63) is 58.3 Å². The number of benzene rings is 1. The first-order valence-corrected chi connectivity index (χ1v) is 5.92. The first-order chi connectivity index (χ1) is 10.5. The molecule has 0 aliphatic heterocycles. The number of esters is 1. The van der Waals surface area contributed by atoms with Gasteiger partial charge in [0.2, 0.25) is 5.76 Å². The molecule has 0 unspecified atom stereocenters. The summed E-state index contributed by atoms with van der Waals surface area (Å²) in [5.41, 5.74) is -0.809. The van der Waals surface area contributed by atoms with Crippen molar-refractivity contribution in [1.82, 2.24) is 0 Å². The van der Waals surface area contributed by atoms with E-state index in [1.807, 2.05) is 0 Å². The SMILES string of the molecule is O=C(COC(=O)c1ccco1)Nc1ccc(F)cc1[N+](=O)[O-]. The maximum absolute atomic E-state index is 13.0. The summed E-state index contributed by atoms with van der Waals surface area (Å²) in [6.45, 7) is -0.673. The molecule has 0 atom stereocenters. The highest BCUT2D eigenvalue weighted by molar-refractivity contribution is 5.96. The molecule has 0 saturated heterocycles. The Morgan fingerprint density at radius 1 is 1.36 bits per heavy atom. The Bertz CT molecular complexity index is 713. The average molecular weight is 308 g/mol. The van der Waals surface area contributed by atoms with Crippen LogP contribution < -0.4 is 5.32 Å². The number of rotatable bonds is 5. The fourth-order valence-electron chi connectivity index (χ4n) is 1.54. The molecule has 22 heavy (non-hydrogen) atoms. The smallest absolute Gasteiger partial charge is 0.374 e. The lowest BCUT2D eigenvalue weighted by molar-refractivity contribution is -0.384. The zero-order valence-corrected chi connectivity index (χ0v) is 10.9. The lowest BCUT2D eigenvalue weighted by atomic mass is 10.2. The van der Waals surface area contributed by atoms with Crippen molar-refractivity contribution in [1.29, 1.82) is 0 Å². The molecular weight excluding hydrogens is 299 g/mol. The van der Waals surface area contributed by atoms with Crippen molar-refractivity contribution < 1.29 is 28.1 Å². The largest absolute Gasteiger partial charge is 0.457 e. The van der Waals surface area contributed by atoms with Crippen molar-refractivity contribution >= 4 is 23.3 Å². The Morgan fingerprint density at radius 3 is 2.77 bits per heavy atom. The number of nitrogens with zero attached hydrogens (tertiary/aromatic N) is 1. The zero-order valence-electron chi connectivity index (χ0n) is 10.9. The Hall–Kier alpha value is -3.23. The first-order valence-electron chi connectivity index (χ1n) is 5.92. The van der Waals surface area contributed by atoms with Gasteiger partial charge in [-0.2, -0.15) is 0 Å². The second kappa shape index (κ2) is 6.48. The van der Waals surface area contributed by atoms with Gasteiger partial charge < -0.3 is 14.5 Å². The van der Waals surface area contributed by atoms with Gasteiger partial charge in [-0.25, -0.2) is 9.18 Å². The van der Waals surface area contributed by atoms with E-state index >= 15 is 0 Å². The molecule has 0 spiro atoms. The Balaban J connectivity index is 1.98. The Labute approximate surface area is 122 Å². The average Bonchev–Trinajstić information content (AvgIpc) is 3.00. The summed E-state index contributed by atoms with van der Waals surface area (Å²) < 4.78 is 22.4. The number of halogens is 1. The predicted octanol–water partition coefficient (Wildman–Crippen LogP) is 2.12. The van der Waals surface area contributed by atoms with E-state index in [0.29, 0.717) is 6.07 Å². The molecule has 1 amide bonds. The van der Waals surface area contributed by atoms with Crippen molar-refractivity contribution in [3.63, 3.8) is 0 Å². The van der Waals surface area contributed by atoms with Crippen LogP contribution in [0.2, 0.25) is 0 Å². The molecule has 0 aliphatic carbocycles. The summed E-state index contributed by atoms with van der Waals surface area (Å²) in [6, 6.07) is 5.49. The number of nitrogens with one attached hydrogen (secondary N) is 1. The summed E-state index contributed by atoms with van der Waals surface area (Å²) in [6.07, 6.45) is 1.26. The molecule has 2 aromatic rings. The number of carbonyl (C=O) groups is 2. The van der Waals surface area contributed by atoms with Crippen LogP contribution in [-0.2, 0) is 9.53 Å². The van der Waals surface area contributed by atoms with Crippen LogP contribution in [0.3, 0.4) is 0 Å². The molecule has 0 radical (unpaired) electrons. The summed E-state index contributed by atoms with van der Waals surface area (Å²) in [5, 5.41) is 12.9. The second-order valence-corrected chi connectivity index (χ2v) is 4.02. The Kier molecular flexibility index (Phi) is 4.47. The van der Waals surface area contributed by atoms with Crippen LogP contribution >= 0.6 is 0 Å². The summed E-state index contributed by atoms with van der Waals surface area (Å²) in [5.74, 6) is -2.56. The summed E-state index contributed by atoms with van der Waals surface area (Å²) in [4.78, 5) is 33.0. The van der Waals surface area contributed by atoms with E-state index in [2.05, 4.69) is 10.1 Å². The van der Waals surface area contributed by atoms with Gasteiger partial charge in [-0.3, -0.25) is 14.9 Å². The topological polar surface area (TPSA) is 112 Å². The molecule has 0 fully saturated rings. The van der Waals surface area contributed by atoms with E-state index in [0.717, 1.165) is 12.1 Å². The fourth-order valence-corrected chi connectivity index (χ4v) is 1.54. The molecule has 0 saturated carbocycles. The minimum absolute atomic E-state index is 0.0828. The van der Waals surface area contributed by atoms with Crippen molar-refractivity contribution in [2.45, 2.75) is 0 Å². The van der Waals surface area contributed by atoms with Crippen LogP contribution in [0.1, 0.15) is 10.6 Å². The van der Waals surface area contributed by atoms with Crippen LogP contribution in [0, 0.1) is 15.9 Å². The highest BCUT2D eigenvalue weighted by atomic mass is 19.1. The van der Waals surface area contributed by atoms with Gasteiger partial charge >= 0.3 is 5.97 Å². The number of anilines is 1. The van der Waals surface area contributed by atoms with E-state index < -0.39 is 34.9 Å². The zero-order chi connectivity index (χ0) is 16.1. The minimum Gasteiger partial charge on any atom is -0.457 e. The number of carbonyl (C=O) groups excluding carboxylic acids is 2. The van der Waals surface area contributed by atoms with Crippen molar-refractivity contribution in [2.75, 3.05) is 11.9 Å². The van der Waals surface area contributed by atoms with E-state index in [1.54, 1.807) is 0 Å². The van der Waals surface area contributed by atoms with E-state index in [9.17, 15) is 24.1 Å². The number of furan rings is 1. The number of ether oxygens (including phenoxy) is 1. The Morgan fingerprint density at radius 2 is 2.14 bits per heavy atom. The molecule has 114 valence electrons. The van der Waals surface area contributed by atoms with Gasteiger partial charge in [-0.05, 0) is 24.3 Å². The molecule has 1 heterocycles. The second-order valence-electron chi connectivity index (χ2n) is 4.02. The molecule has 0 aliphatic rings. The van der Waals surface area contributed by atoms with Gasteiger partial charge in [-0.15, -0.1) is 0 Å². The van der Waals surface area contributed by atoms with E-state index in [-0.39, 0.29) is 11.4 Å². The molecule has 8 nitrogen and oxygen atoms in total. The molecule has 2 rings (SSSR count). The van der Waals surface area contributed by atoms with Gasteiger partial charge in [0.1, 0.15) is 11.5 Å². The van der Waals surface area contributed by atoms with Gasteiger partial charge in [-0.1, -0.05) is 0 Å². The fraction of sp³-hybridized carbons (Fsp3) is 0.0769. The number of nitro benzene ring substituents is 1. The van der Waals surface area contributed by atoms with Crippen LogP contribution in [0.15, 0.2) is 41.0 Å². The third-order valence-corrected chi connectivity index (χ3v) is 2.49. The maximum Gasteiger partial charge on any atom is 0.374 e. The molecule has 1 aromatic carbocycles. The van der Waals surface area contributed by atoms with Crippen LogP contribution in [0.25, 0.3) is 0 Å². The van der Waals surface area contributed by atoms with Gasteiger partial charge in [0.05, 0.1) is 17.3 Å². The molecule has 1 aromatic heterocycles. The number of hydrogen-bond acceptors (Lipinski definition) is 6. The highest BCUT2D eigenvalue weighted by Gasteiger charge is 2.18. The van der Waals surface area contributed by atoms with E-state index in [1.165, 1.54) is 18.4 Å². The number of hydrogen-bond donors (Lipinski definition) is 1. The maximum atomic E-state index is 13.0. The van der Waals surface area contributed by atoms with Crippen LogP contribution in [0.4, 0.5) is 15.8 Å². The number of nitro groups is 1. The summed E-state index contributed by atoms with van der Waals surface area (Å²) in [7, 11) is 0. The quantitative estimate of drug-likeness (QED) is 0.514. The lowest BCUT2D eigenvalue weighted by Gasteiger charge is -2.06. The standard InChI is InChI=1S/C13H9FN2O6/c14-8-3-4-9(10(6-8)16(19)20)15-12(17)7-22-13(18)11-2-1-5-21-11/h1-6H,7H2,(H,15,17). The molecular formula is C13H9FN2O6. The van der Waals surface area contributed by atoms with E-state index in [4.69, 9.17) is 4.42 Å². The molecule has 1 N–H and O–H groups in total. The van der Waals surface area contributed by atoms with Gasteiger partial charge in [0.15, 0.2) is 6.61 Å². The monoisotopic (exact) mass is 308 g/mol. The third kappa shape index (κ3) is 3.66. The van der Waals surface area contributed by atoms with Crippen LogP contribution in [0.5, 0.6) is 0 Å². The van der Waals surface area contributed by atoms with Gasteiger partial charge in [0, 0.05) is 0 Å². The highest BCUT2D eigenvalue weighted by Crippen LogP contribution is 2.24. The number of amides is 1. The third-order valence-electron chi connectivity index (χ3n) is 2.49. The van der Waals surface area contributed by atoms with Crippen LogP contribution in [-0.4, -0.2) is 23.4 Å². The minimum atomic E-state index is -0.853. The molecule has 0 bridgehead atoms. The van der Waals surface area contributed by atoms with Crippen molar-refractivity contribution in [3.8, 4) is 0 Å². The normalized spacial score (nSPS) is 10.0. The lowest BCUT2D eigenvalue weighted by Crippen LogP contribution is -2.21.